The van der Waals surface area contributed by atoms with E-state index in [1.165, 1.54) is 11.1 Å². The van der Waals surface area contributed by atoms with Gasteiger partial charge in [0.2, 0.25) is 0 Å². The molecule has 0 saturated carbocycles. The molecule has 0 spiro atoms. The van der Waals surface area contributed by atoms with E-state index in [-0.39, 0.29) is 24.0 Å². The van der Waals surface area contributed by atoms with Crippen molar-refractivity contribution in [1.82, 2.24) is 10.2 Å². The zero-order valence-corrected chi connectivity index (χ0v) is 16.2. The molecule has 1 aliphatic heterocycles. The Morgan fingerprint density at radius 2 is 1.95 bits per heavy atom. The number of nitrogens with one attached hydrogen (secondary N) is 1. The number of hydrogen-bond donors (Lipinski definition) is 2. The van der Waals surface area contributed by atoms with Gasteiger partial charge in [-0.2, -0.15) is 0 Å². The van der Waals surface area contributed by atoms with Crippen LogP contribution in [0, 0.1) is 5.92 Å². The molecule has 124 valence electrons. The monoisotopic (exact) mass is 416 g/mol. The minimum Gasteiger partial charge on any atom is -0.370 e. The van der Waals surface area contributed by atoms with Crippen molar-refractivity contribution in [3.63, 3.8) is 0 Å². The standard InChI is InChI=1S/C17H28N4.HI/c1-13(2)10-19-17(18)20-11-14(3)21-9-8-15-6-4-5-7-16(15)12-21;/h4-7,13-14H,8-12H2,1-3H3,(H3,18,19,20);1H. The van der Waals surface area contributed by atoms with Crippen LogP contribution in [0.5, 0.6) is 0 Å². The molecule has 1 heterocycles. The Morgan fingerprint density at radius 1 is 1.27 bits per heavy atom. The SMILES string of the molecule is CC(C)CN=C(N)NCC(C)N1CCc2ccccc2C1.I. The fourth-order valence-corrected chi connectivity index (χ4v) is 2.61. The van der Waals surface area contributed by atoms with E-state index in [0.29, 0.717) is 17.9 Å². The van der Waals surface area contributed by atoms with Gasteiger partial charge in [0.1, 0.15) is 0 Å². The van der Waals surface area contributed by atoms with Gasteiger partial charge in [0.15, 0.2) is 5.96 Å². The average Bonchev–Trinajstić information content (AvgIpc) is 2.50. The Balaban J connectivity index is 0.00000242. The second-order valence-electron chi connectivity index (χ2n) is 6.34. The van der Waals surface area contributed by atoms with Gasteiger partial charge in [-0.3, -0.25) is 9.89 Å². The topological polar surface area (TPSA) is 53.6 Å². The van der Waals surface area contributed by atoms with Crippen LogP contribution in [0.2, 0.25) is 0 Å². The maximum Gasteiger partial charge on any atom is 0.188 e. The van der Waals surface area contributed by atoms with Crippen LogP contribution in [0.1, 0.15) is 31.9 Å². The van der Waals surface area contributed by atoms with Gasteiger partial charge in [-0.15, -0.1) is 24.0 Å². The molecule has 1 aromatic rings. The summed E-state index contributed by atoms with van der Waals surface area (Å²) in [6.45, 7) is 10.3. The van der Waals surface area contributed by atoms with Gasteiger partial charge >= 0.3 is 0 Å². The van der Waals surface area contributed by atoms with E-state index in [4.69, 9.17) is 5.73 Å². The number of aliphatic imine (C=N–C) groups is 1. The van der Waals surface area contributed by atoms with Crippen molar-refractivity contribution in [2.45, 2.75) is 39.8 Å². The molecule has 22 heavy (non-hydrogen) atoms. The van der Waals surface area contributed by atoms with Gasteiger partial charge in [-0.05, 0) is 30.4 Å². The van der Waals surface area contributed by atoms with Gasteiger partial charge in [0.25, 0.3) is 0 Å². The molecule has 0 fully saturated rings. The van der Waals surface area contributed by atoms with Crippen molar-refractivity contribution >= 4 is 29.9 Å². The molecule has 5 heteroatoms. The van der Waals surface area contributed by atoms with E-state index in [9.17, 15) is 0 Å². The molecule has 1 unspecified atom stereocenters. The van der Waals surface area contributed by atoms with E-state index in [0.717, 1.165) is 32.6 Å². The molecule has 0 aromatic heterocycles. The number of nitrogens with zero attached hydrogens (tertiary/aromatic N) is 2. The van der Waals surface area contributed by atoms with Gasteiger partial charge in [0, 0.05) is 32.2 Å². The third-order valence-electron chi connectivity index (χ3n) is 3.99. The van der Waals surface area contributed by atoms with E-state index in [1.807, 2.05) is 0 Å². The van der Waals surface area contributed by atoms with Gasteiger partial charge in [-0.1, -0.05) is 38.1 Å². The number of nitrogens with two attached hydrogens (primary N) is 1. The normalized spacial score (nSPS) is 16.8. The molecule has 0 saturated heterocycles. The summed E-state index contributed by atoms with van der Waals surface area (Å²) in [5.41, 5.74) is 8.84. The zero-order chi connectivity index (χ0) is 15.2. The lowest BCUT2D eigenvalue weighted by molar-refractivity contribution is 0.191. The Labute approximate surface area is 151 Å². The smallest absolute Gasteiger partial charge is 0.188 e. The van der Waals surface area contributed by atoms with Crippen LogP contribution in [-0.4, -0.2) is 36.5 Å². The maximum atomic E-state index is 5.90. The molecule has 0 bridgehead atoms. The fraction of sp³-hybridized carbons (Fsp3) is 0.588. The van der Waals surface area contributed by atoms with Crippen LogP contribution < -0.4 is 11.1 Å². The number of fused-ring (bicyclic) bond motifs is 1. The minimum absolute atomic E-state index is 0. The van der Waals surface area contributed by atoms with E-state index in [1.54, 1.807) is 0 Å². The Hall–Kier alpha value is -0.820. The number of halogens is 1. The highest BCUT2D eigenvalue weighted by atomic mass is 127. The van der Waals surface area contributed by atoms with Crippen LogP contribution in [0.4, 0.5) is 0 Å². The van der Waals surface area contributed by atoms with Crippen molar-refractivity contribution in [1.29, 1.82) is 0 Å². The predicted molar refractivity (Wildman–Crippen MR) is 105 cm³/mol. The first-order chi connectivity index (χ1) is 10.1. The van der Waals surface area contributed by atoms with Crippen molar-refractivity contribution in [2.75, 3.05) is 19.6 Å². The molecule has 2 rings (SSSR count). The molecule has 1 aliphatic rings. The first kappa shape index (κ1) is 19.2. The van der Waals surface area contributed by atoms with Crippen molar-refractivity contribution in [3.8, 4) is 0 Å². The quantitative estimate of drug-likeness (QED) is 0.441. The number of guanidine groups is 1. The lowest BCUT2D eigenvalue weighted by Crippen LogP contribution is -2.46. The molecule has 1 atom stereocenters. The highest BCUT2D eigenvalue weighted by molar-refractivity contribution is 14.0. The molecule has 0 amide bonds. The van der Waals surface area contributed by atoms with E-state index in [2.05, 4.69) is 60.2 Å². The lowest BCUT2D eigenvalue weighted by atomic mass is 9.99. The van der Waals surface area contributed by atoms with Gasteiger partial charge in [-0.25, -0.2) is 0 Å². The molecular formula is C17H29IN4. The van der Waals surface area contributed by atoms with Crippen LogP contribution in [-0.2, 0) is 13.0 Å². The minimum atomic E-state index is 0. The third-order valence-corrected chi connectivity index (χ3v) is 3.99. The maximum absolute atomic E-state index is 5.90. The summed E-state index contributed by atoms with van der Waals surface area (Å²) in [6.07, 6.45) is 1.14. The summed E-state index contributed by atoms with van der Waals surface area (Å²) in [6, 6.07) is 9.19. The predicted octanol–water partition coefficient (Wildman–Crippen LogP) is 2.61. The summed E-state index contributed by atoms with van der Waals surface area (Å²) in [5.74, 6) is 1.11. The number of hydrogen-bond acceptors (Lipinski definition) is 2. The molecule has 4 nitrogen and oxygen atoms in total. The highest BCUT2D eigenvalue weighted by Crippen LogP contribution is 2.19. The summed E-state index contributed by atoms with van der Waals surface area (Å²) >= 11 is 0. The molecule has 1 aromatic carbocycles. The Morgan fingerprint density at radius 3 is 2.64 bits per heavy atom. The second-order valence-corrected chi connectivity index (χ2v) is 6.34. The molecule has 3 N–H and O–H groups in total. The van der Waals surface area contributed by atoms with Crippen LogP contribution in [0.25, 0.3) is 0 Å². The molecule has 0 aliphatic carbocycles. The summed E-state index contributed by atoms with van der Waals surface area (Å²) in [7, 11) is 0. The summed E-state index contributed by atoms with van der Waals surface area (Å²) in [5, 5.41) is 3.25. The van der Waals surface area contributed by atoms with Crippen molar-refractivity contribution in [2.24, 2.45) is 16.6 Å². The summed E-state index contributed by atoms with van der Waals surface area (Å²) in [4.78, 5) is 6.85. The highest BCUT2D eigenvalue weighted by Gasteiger charge is 2.20. The van der Waals surface area contributed by atoms with E-state index < -0.39 is 0 Å². The second kappa shape index (κ2) is 9.35. The summed E-state index contributed by atoms with van der Waals surface area (Å²) < 4.78 is 0. The van der Waals surface area contributed by atoms with Crippen molar-refractivity contribution < 1.29 is 0 Å². The molecular weight excluding hydrogens is 387 g/mol. The van der Waals surface area contributed by atoms with Crippen LogP contribution >= 0.6 is 24.0 Å². The lowest BCUT2D eigenvalue weighted by Gasteiger charge is -2.33. The first-order valence-electron chi connectivity index (χ1n) is 7.91. The third kappa shape index (κ3) is 5.76. The number of benzene rings is 1. The Bertz CT molecular complexity index is 487. The first-order valence-corrected chi connectivity index (χ1v) is 7.91. The average molecular weight is 416 g/mol. The van der Waals surface area contributed by atoms with E-state index >= 15 is 0 Å². The zero-order valence-electron chi connectivity index (χ0n) is 13.9. The molecule has 0 radical (unpaired) electrons. The van der Waals surface area contributed by atoms with Crippen LogP contribution in [0.3, 0.4) is 0 Å². The Kier molecular flexibility index (Phi) is 8.17. The van der Waals surface area contributed by atoms with Crippen molar-refractivity contribution in [3.05, 3.63) is 35.4 Å². The fourth-order valence-electron chi connectivity index (χ4n) is 2.61. The van der Waals surface area contributed by atoms with Gasteiger partial charge < -0.3 is 11.1 Å². The largest absolute Gasteiger partial charge is 0.370 e. The van der Waals surface area contributed by atoms with Gasteiger partial charge in [0.05, 0.1) is 0 Å². The number of rotatable bonds is 5. The van der Waals surface area contributed by atoms with Crippen LogP contribution in [0.15, 0.2) is 29.3 Å².